The van der Waals surface area contributed by atoms with E-state index in [1.165, 1.54) is 6.92 Å². The lowest BCUT2D eigenvalue weighted by atomic mass is 10.2. The van der Waals surface area contributed by atoms with Gasteiger partial charge < -0.3 is 15.3 Å². The van der Waals surface area contributed by atoms with Crippen molar-refractivity contribution >= 4 is 0 Å². The molecule has 0 aromatic heterocycles. The minimum atomic E-state index is -0.986. The second kappa shape index (κ2) is 2.96. The van der Waals surface area contributed by atoms with Crippen LogP contribution < -0.4 is 0 Å². The van der Waals surface area contributed by atoms with Crippen molar-refractivity contribution in [1.82, 2.24) is 0 Å². The lowest BCUT2D eigenvalue weighted by molar-refractivity contribution is -0.00425. The van der Waals surface area contributed by atoms with Gasteiger partial charge in [-0.25, -0.2) is 0 Å². The molecule has 0 aliphatic carbocycles. The fourth-order valence-corrected chi connectivity index (χ4v) is 0.153. The first-order chi connectivity index (χ1) is 3.18. The van der Waals surface area contributed by atoms with Crippen molar-refractivity contribution in [2.45, 2.75) is 19.1 Å². The highest BCUT2D eigenvalue weighted by atomic mass is 16.4. The smallest absolute Gasteiger partial charge is 0.103 e. The van der Waals surface area contributed by atoms with Crippen molar-refractivity contribution in [2.24, 2.45) is 0 Å². The number of hydrogen-bond donors (Lipinski definition) is 3. The van der Waals surface area contributed by atoms with Gasteiger partial charge in [0, 0.05) is 0 Å². The van der Waals surface area contributed by atoms with E-state index in [-0.39, 0.29) is 6.61 Å². The largest absolute Gasteiger partial charge is 0.394 e. The molecule has 0 bridgehead atoms. The van der Waals surface area contributed by atoms with Gasteiger partial charge in [0.2, 0.25) is 0 Å². The fraction of sp³-hybridized carbons (Fsp3) is 1.00. The van der Waals surface area contributed by atoms with Crippen LogP contribution in [0.15, 0.2) is 0 Å². The first-order valence-corrected chi connectivity index (χ1v) is 2.15. The van der Waals surface area contributed by atoms with Crippen LogP contribution in [0.2, 0.25) is 0 Å². The van der Waals surface area contributed by atoms with Crippen molar-refractivity contribution in [3.63, 3.8) is 0 Å². The molecule has 0 aromatic rings. The van der Waals surface area contributed by atoms with Gasteiger partial charge in [0.05, 0.1) is 12.7 Å². The molecule has 0 heterocycles. The topological polar surface area (TPSA) is 60.7 Å². The number of rotatable bonds is 2. The molecule has 0 rings (SSSR count). The Bertz CT molecular complexity index is 44.2. The Labute approximate surface area is 42.2 Å². The van der Waals surface area contributed by atoms with Crippen LogP contribution in [-0.2, 0) is 0 Å². The summed E-state index contributed by atoms with van der Waals surface area (Å²) in [5.41, 5.74) is 0. The van der Waals surface area contributed by atoms with Crippen LogP contribution in [-0.4, -0.2) is 34.1 Å². The third kappa shape index (κ3) is 2.56. The Morgan fingerprint density at radius 3 is 1.86 bits per heavy atom. The number of aliphatic hydroxyl groups is 3. The maximum Gasteiger partial charge on any atom is 0.103 e. The predicted octanol–water partition coefficient (Wildman–Crippen LogP) is -1.28. The van der Waals surface area contributed by atoms with Crippen molar-refractivity contribution in [3.05, 3.63) is 0 Å². The van der Waals surface area contributed by atoms with Gasteiger partial charge in [-0.15, -0.1) is 0 Å². The molecule has 3 nitrogen and oxygen atoms in total. The van der Waals surface area contributed by atoms with Gasteiger partial charge in [0.25, 0.3) is 0 Å². The van der Waals surface area contributed by atoms with E-state index in [1.807, 2.05) is 0 Å². The summed E-state index contributed by atoms with van der Waals surface area (Å²) in [7, 11) is 0. The zero-order valence-corrected chi connectivity index (χ0v) is 4.20. The van der Waals surface area contributed by atoms with Crippen LogP contribution >= 0.6 is 0 Å². The van der Waals surface area contributed by atoms with Crippen molar-refractivity contribution in [2.75, 3.05) is 6.61 Å². The molecule has 0 radical (unpaired) electrons. The Morgan fingerprint density at radius 1 is 1.43 bits per heavy atom. The Hall–Kier alpha value is -0.120. The zero-order chi connectivity index (χ0) is 5.86. The van der Waals surface area contributed by atoms with Crippen LogP contribution in [0.3, 0.4) is 0 Å². The summed E-state index contributed by atoms with van der Waals surface area (Å²) in [5.74, 6) is 0. The number of hydrogen-bond acceptors (Lipinski definition) is 3. The molecule has 0 saturated carbocycles. The van der Waals surface area contributed by atoms with Crippen molar-refractivity contribution < 1.29 is 15.3 Å². The van der Waals surface area contributed by atoms with Crippen LogP contribution in [0, 0.1) is 0 Å². The van der Waals surface area contributed by atoms with E-state index in [0.29, 0.717) is 0 Å². The Balaban J connectivity index is 3.14. The molecule has 44 valence electrons. The minimum Gasteiger partial charge on any atom is -0.394 e. The average molecular weight is 106 g/mol. The Morgan fingerprint density at radius 2 is 1.86 bits per heavy atom. The van der Waals surface area contributed by atoms with Gasteiger partial charge >= 0.3 is 0 Å². The van der Waals surface area contributed by atoms with Gasteiger partial charge in [0.1, 0.15) is 6.10 Å². The summed E-state index contributed by atoms with van der Waals surface area (Å²) in [6, 6.07) is 0. The SMILES string of the molecule is CC(O)[C@H](O)CO. The summed E-state index contributed by atoms with van der Waals surface area (Å²) in [6.45, 7) is 1.04. The lowest BCUT2D eigenvalue weighted by Crippen LogP contribution is -2.25. The van der Waals surface area contributed by atoms with Crippen LogP contribution in [0.1, 0.15) is 6.92 Å². The highest BCUT2D eigenvalue weighted by Gasteiger charge is 2.06. The predicted molar refractivity (Wildman–Crippen MR) is 24.8 cm³/mol. The van der Waals surface area contributed by atoms with E-state index in [9.17, 15) is 0 Å². The standard InChI is InChI=1S/C4H10O3/c1-3(6)4(7)2-5/h3-7H,2H2,1H3/t3?,4-/m1/s1. The first-order valence-electron chi connectivity index (χ1n) is 2.15. The zero-order valence-electron chi connectivity index (χ0n) is 4.20. The molecule has 0 amide bonds. The third-order valence-corrected chi connectivity index (χ3v) is 0.744. The maximum atomic E-state index is 8.44. The van der Waals surface area contributed by atoms with E-state index < -0.39 is 12.2 Å². The highest BCUT2D eigenvalue weighted by molar-refractivity contribution is 4.57. The van der Waals surface area contributed by atoms with E-state index in [0.717, 1.165) is 0 Å². The van der Waals surface area contributed by atoms with Gasteiger partial charge in [-0.3, -0.25) is 0 Å². The lowest BCUT2D eigenvalue weighted by Gasteiger charge is -2.07. The van der Waals surface area contributed by atoms with Gasteiger partial charge in [0.15, 0.2) is 0 Å². The number of aliphatic hydroxyl groups excluding tert-OH is 3. The van der Waals surface area contributed by atoms with E-state index in [2.05, 4.69) is 0 Å². The van der Waals surface area contributed by atoms with E-state index in [4.69, 9.17) is 15.3 Å². The molecular weight excluding hydrogens is 96.0 g/mol. The molecule has 0 aliphatic rings. The molecular formula is C4H10O3. The summed E-state index contributed by atoms with van der Waals surface area (Å²) in [4.78, 5) is 0. The molecule has 3 N–H and O–H groups in total. The third-order valence-electron chi connectivity index (χ3n) is 0.744. The molecule has 0 aromatic carbocycles. The van der Waals surface area contributed by atoms with Crippen LogP contribution in [0.25, 0.3) is 0 Å². The molecule has 0 aliphatic heterocycles. The van der Waals surface area contributed by atoms with Gasteiger partial charge in [-0.2, -0.15) is 0 Å². The maximum absolute atomic E-state index is 8.44. The second-order valence-corrected chi connectivity index (χ2v) is 1.49. The summed E-state index contributed by atoms with van der Waals surface area (Å²) < 4.78 is 0. The fourth-order valence-electron chi connectivity index (χ4n) is 0.153. The summed E-state index contributed by atoms with van der Waals surface area (Å²) in [5, 5.41) is 24.9. The minimum absolute atomic E-state index is 0.377. The van der Waals surface area contributed by atoms with E-state index in [1.54, 1.807) is 0 Å². The van der Waals surface area contributed by atoms with Crippen LogP contribution in [0.4, 0.5) is 0 Å². The molecule has 2 atom stereocenters. The highest BCUT2D eigenvalue weighted by Crippen LogP contribution is 1.87. The van der Waals surface area contributed by atoms with Crippen molar-refractivity contribution in [1.29, 1.82) is 0 Å². The Kier molecular flexibility index (Phi) is 2.91. The van der Waals surface area contributed by atoms with Crippen LogP contribution in [0.5, 0.6) is 0 Å². The summed E-state index contributed by atoms with van der Waals surface area (Å²) in [6.07, 6.45) is -1.81. The van der Waals surface area contributed by atoms with Crippen molar-refractivity contribution in [3.8, 4) is 0 Å². The molecule has 0 spiro atoms. The average Bonchev–Trinajstić information content (AvgIpc) is 1.65. The summed E-state index contributed by atoms with van der Waals surface area (Å²) >= 11 is 0. The van der Waals surface area contributed by atoms with Gasteiger partial charge in [-0.1, -0.05) is 0 Å². The molecule has 1 unspecified atom stereocenters. The molecule has 3 heteroatoms. The molecule has 7 heavy (non-hydrogen) atoms. The second-order valence-electron chi connectivity index (χ2n) is 1.49. The molecule has 0 saturated heterocycles. The first kappa shape index (κ1) is 6.88. The van der Waals surface area contributed by atoms with E-state index >= 15 is 0 Å². The quantitative estimate of drug-likeness (QED) is 0.411. The monoisotopic (exact) mass is 106 g/mol. The van der Waals surface area contributed by atoms with Gasteiger partial charge in [-0.05, 0) is 6.92 Å². The molecule has 0 fully saturated rings. The normalized spacial score (nSPS) is 18.9.